The van der Waals surface area contributed by atoms with E-state index in [2.05, 4.69) is 34.9 Å². The van der Waals surface area contributed by atoms with E-state index in [0.29, 0.717) is 18.8 Å². The molecule has 2 aromatic rings. The molecule has 1 unspecified atom stereocenters. The molecule has 3 rings (SSSR count). The fraction of sp³-hybridized carbons (Fsp3) is 0.353. The Hall–Kier alpha value is -1.72. The van der Waals surface area contributed by atoms with Crippen LogP contribution >= 0.6 is 11.8 Å². The van der Waals surface area contributed by atoms with Crippen LogP contribution in [-0.2, 0) is 6.54 Å². The van der Waals surface area contributed by atoms with Gasteiger partial charge in [0.25, 0.3) is 0 Å². The molecule has 0 aromatic heterocycles. The second-order valence-electron chi connectivity index (χ2n) is 5.74. The maximum atomic E-state index is 11.8. The maximum Gasteiger partial charge on any atom is 0.315 e. The summed E-state index contributed by atoms with van der Waals surface area (Å²) >= 11 is 1.72. The Labute approximate surface area is 134 Å². The summed E-state index contributed by atoms with van der Waals surface area (Å²) in [7, 11) is 0. The third-order valence-corrected chi connectivity index (χ3v) is 5.16. The lowest BCUT2D eigenvalue weighted by molar-refractivity contribution is 0.0700. The van der Waals surface area contributed by atoms with Gasteiger partial charge in [-0.2, -0.15) is 11.8 Å². The summed E-state index contributed by atoms with van der Waals surface area (Å²) in [6, 6.07) is 14.1. The van der Waals surface area contributed by atoms with Crippen molar-refractivity contribution in [3.63, 3.8) is 0 Å². The largest absolute Gasteiger partial charge is 0.387 e. The molecule has 0 saturated carbocycles. The molecule has 116 valence electrons. The van der Waals surface area contributed by atoms with Gasteiger partial charge in [-0.3, -0.25) is 0 Å². The molecule has 4 nitrogen and oxygen atoms in total. The first kappa shape index (κ1) is 15.2. The molecule has 3 N–H and O–H groups in total. The Bertz CT molecular complexity index is 669. The Morgan fingerprint density at radius 1 is 1.18 bits per heavy atom. The number of benzene rings is 2. The predicted octanol–water partition coefficient (Wildman–Crippen LogP) is 2.51. The minimum Gasteiger partial charge on any atom is -0.387 e. The fourth-order valence-corrected chi connectivity index (χ4v) is 3.87. The van der Waals surface area contributed by atoms with E-state index in [-0.39, 0.29) is 6.03 Å². The van der Waals surface area contributed by atoms with Gasteiger partial charge in [-0.05, 0) is 34.6 Å². The van der Waals surface area contributed by atoms with Gasteiger partial charge in [0.15, 0.2) is 0 Å². The van der Waals surface area contributed by atoms with Crippen molar-refractivity contribution in [1.82, 2.24) is 10.6 Å². The van der Waals surface area contributed by atoms with E-state index in [1.807, 2.05) is 18.2 Å². The topological polar surface area (TPSA) is 61.4 Å². The van der Waals surface area contributed by atoms with Crippen molar-refractivity contribution in [2.75, 3.05) is 18.1 Å². The highest BCUT2D eigenvalue weighted by Crippen LogP contribution is 2.26. The standard InChI is InChI=1S/C17H20N2O2S/c20-16(19-11-17(21)7-8-22-12-17)18-10-13-5-6-14-3-1-2-4-15(14)9-13/h1-6,9,21H,7-8,10-12H2,(H2,18,19,20). The summed E-state index contributed by atoms with van der Waals surface area (Å²) in [5.41, 5.74) is 0.314. The van der Waals surface area contributed by atoms with Crippen LogP contribution in [0.5, 0.6) is 0 Å². The van der Waals surface area contributed by atoms with Crippen molar-refractivity contribution >= 4 is 28.6 Å². The van der Waals surface area contributed by atoms with Crippen molar-refractivity contribution in [2.24, 2.45) is 0 Å². The smallest absolute Gasteiger partial charge is 0.315 e. The van der Waals surface area contributed by atoms with Crippen molar-refractivity contribution in [3.8, 4) is 0 Å². The molecule has 22 heavy (non-hydrogen) atoms. The normalized spacial score (nSPS) is 21.0. The average Bonchev–Trinajstić information content (AvgIpc) is 2.98. The number of thioether (sulfide) groups is 1. The summed E-state index contributed by atoms with van der Waals surface area (Å²) < 4.78 is 0. The average molecular weight is 316 g/mol. The van der Waals surface area contributed by atoms with Crippen LogP contribution in [0.2, 0.25) is 0 Å². The number of carbonyl (C=O) groups is 1. The summed E-state index contributed by atoms with van der Waals surface area (Å²) in [5, 5.41) is 18.1. The van der Waals surface area contributed by atoms with E-state index in [4.69, 9.17) is 0 Å². The third kappa shape index (κ3) is 3.72. The van der Waals surface area contributed by atoms with Crippen LogP contribution in [0.4, 0.5) is 4.79 Å². The second kappa shape index (κ2) is 6.58. The SMILES string of the molecule is O=C(NCc1ccc2ccccc2c1)NCC1(O)CCSC1. The molecule has 0 spiro atoms. The number of amides is 2. The molecule has 0 bridgehead atoms. The molecule has 1 aliphatic heterocycles. The van der Waals surface area contributed by atoms with Crippen LogP contribution in [0.25, 0.3) is 10.8 Å². The quantitative estimate of drug-likeness (QED) is 0.812. The maximum absolute atomic E-state index is 11.8. The molecular weight excluding hydrogens is 296 g/mol. The van der Waals surface area contributed by atoms with Gasteiger partial charge in [0, 0.05) is 18.8 Å². The van der Waals surface area contributed by atoms with Crippen LogP contribution in [0, 0.1) is 0 Å². The zero-order chi connectivity index (χ0) is 15.4. The van der Waals surface area contributed by atoms with E-state index < -0.39 is 5.60 Å². The van der Waals surface area contributed by atoms with E-state index in [9.17, 15) is 9.90 Å². The van der Waals surface area contributed by atoms with Gasteiger partial charge in [0.2, 0.25) is 0 Å². The lowest BCUT2D eigenvalue weighted by Crippen LogP contribution is -2.46. The molecule has 0 radical (unpaired) electrons. The molecule has 1 atom stereocenters. The predicted molar refractivity (Wildman–Crippen MR) is 91.1 cm³/mol. The highest BCUT2D eigenvalue weighted by molar-refractivity contribution is 7.99. The minimum atomic E-state index is -0.745. The summed E-state index contributed by atoms with van der Waals surface area (Å²) in [6.07, 6.45) is 0.739. The van der Waals surface area contributed by atoms with Gasteiger partial charge in [-0.15, -0.1) is 0 Å². The third-order valence-electron chi connectivity index (χ3n) is 3.93. The van der Waals surface area contributed by atoms with Gasteiger partial charge in [0.05, 0.1) is 5.60 Å². The van der Waals surface area contributed by atoms with Gasteiger partial charge in [0.1, 0.15) is 0 Å². The molecule has 1 saturated heterocycles. The van der Waals surface area contributed by atoms with E-state index in [1.165, 1.54) is 10.8 Å². The molecule has 1 heterocycles. The van der Waals surface area contributed by atoms with Crippen LogP contribution in [0.1, 0.15) is 12.0 Å². The fourth-order valence-electron chi connectivity index (χ4n) is 2.57. The number of aliphatic hydroxyl groups is 1. The number of carbonyl (C=O) groups excluding carboxylic acids is 1. The van der Waals surface area contributed by atoms with Crippen molar-refractivity contribution < 1.29 is 9.90 Å². The van der Waals surface area contributed by atoms with Gasteiger partial charge in [-0.1, -0.05) is 36.4 Å². The molecule has 2 aromatic carbocycles. The number of hydrogen-bond donors (Lipinski definition) is 3. The minimum absolute atomic E-state index is 0.238. The Kier molecular flexibility index (Phi) is 4.55. The van der Waals surface area contributed by atoms with E-state index in [1.54, 1.807) is 11.8 Å². The van der Waals surface area contributed by atoms with Gasteiger partial charge in [-0.25, -0.2) is 4.79 Å². The highest BCUT2D eigenvalue weighted by atomic mass is 32.2. The van der Waals surface area contributed by atoms with Crippen LogP contribution in [-0.4, -0.2) is 34.8 Å². The van der Waals surface area contributed by atoms with Crippen LogP contribution in [0.3, 0.4) is 0 Å². The first-order valence-electron chi connectivity index (χ1n) is 7.44. The number of nitrogens with one attached hydrogen (secondary N) is 2. The lowest BCUT2D eigenvalue weighted by Gasteiger charge is -2.21. The van der Waals surface area contributed by atoms with Crippen molar-refractivity contribution in [1.29, 1.82) is 0 Å². The highest BCUT2D eigenvalue weighted by Gasteiger charge is 2.31. The Balaban J connectivity index is 1.51. The molecular formula is C17H20N2O2S. The lowest BCUT2D eigenvalue weighted by atomic mass is 10.0. The van der Waals surface area contributed by atoms with Crippen LogP contribution in [0.15, 0.2) is 42.5 Å². The van der Waals surface area contributed by atoms with Gasteiger partial charge >= 0.3 is 6.03 Å². The Morgan fingerprint density at radius 3 is 2.77 bits per heavy atom. The molecule has 2 amide bonds. The monoisotopic (exact) mass is 316 g/mol. The van der Waals surface area contributed by atoms with E-state index >= 15 is 0 Å². The molecule has 1 aliphatic rings. The number of fused-ring (bicyclic) bond motifs is 1. The summed E-state index contributed by atoms with van der Waals surface area (Å²) in [6.45, 7) is 0.785. The zero-order valence-corrected chi connectivity index (χ0v) is 13.2. The second-order valence-corrected chi connectivity index (χ2v) is 6.85. The zero-order valence-electron chi connectivity index (χ0n) is 12.3. The number of rotatable bonds is 4. The Morgan fingerprint density at radius 2 is 2.00 bits per heavy atom. The number of hydrogen-bond acceptors (Lipinski definition) is 3. The van der Waals surface area contributed by atoms with Crippen molar-refractivity contribution in [2.45, 2.75) is 18.6 Å². The summed E-state index contributed by atoms with van der Waals surface area (Å²) in [5.74, 6) is 1.65. The molecule has 0 aliphatic carbocycles. The van der Waals surface area contributed by atoms with Gasteiger partial charge < -0.3 is 15.7 Å². The molecule has 1 fully saturated rings. The van der Waals surface area contributed by atoms with E-state index in [0.717, 1.165) is 17.7 Å². The number of urea groups is 1. The molecule has 5 heteroatoms. The first-order chi connectivity index (χ1) is 10.6. The first-order valence-corrected chi connectivity index (χ1v) is 8.60. The summed E-state index contributed by atoms with van der Waals surface area (Å²) in [4.78, 5) is 11.8. The van der Waals surface area contributed by atoms with Crippen LogP contribution < -0.4 is 10.6 Å². The van der Waals surface area contributed by atoms with Crippen molar-refractivity contribution in [3.05, 3.63) is 48.0 Å².